The van der Waals surface area contributed by atoms with Gasteiger partial charge >= 0.3 is 0 Å². The van der Waals surface area contributed by atoms with Gasteiger partial charge in [0.2, 0.25) is 5.95 Å². The van der Waals surface area contributed by atoms with Crippen LogP contribution >= 0.6 is 0 Å². The van der Waals surface area contributed by atoms with Crippen LogP contribution in [0, 0.1) is 0 Å². The molecule has 0 N–H and O–H groups in total. The highest BCUT2D eigenvalue weighted by molar-refractivity contribution is 6.25. The van der Waals surface area contributed by atoms with Crippen LogP contribution in [0.25, 0.3) is 55.5 Å². The molecular weight excluding hydrogens is 554 g/mol. The molecule has 0 saturated heterocycles. The number of pyridine rings is 1. The van der Waals surface area contributed by atoms with Crippen LogP contribution in [0.5, 0.6) is 0 Å². The molecule has 0 amide bonds. The van der Waals surface area contributed by atoms with Gasteiger partial charge in [-0.25, -0.2) is 4.98 Å². The number of hydrogen-bond acceptors (Lipinski definition) is 6. The van der Waals surface area contributed by atoms with Crippen molar-refractivity contribution in [1.82, 2.24) is 19.9 Å². The minimum atomic E-state index is -0.349. The number of hydrogen-bond donors (Lipinski definition) is 0. The van der Waals surface area contributed by atoms with Crippen LogP contribution < -0.4 is 4.90 Å². The predicted molar refractivity (Wildman–Crippen MR) is 180 cm³/mol. The summed E-state index contributed by atoms with van der Waals surface area (Å²) >= 11 is 0. The zero-order valence-electron chi connectivity index (χ0n) is 24.8. The van der Waals surface area contributed by atoms with Gasteiger partial charge in [0.25, 0.3) is 0 Å². The number of fused-ring (bicyclic) bond motifs is 9. The van der Waals surface area contributed by atoms with Gasteiger partial charge in [0.15, 0.2) is 17.2 Å². The van der Waals surface area contributed by atoms with E-state index in [1.165, 1.54) is 21.9 Å². The van der Waals surface area contributed by atoms with Gasteiger partial charge in [-0.15, -0.1) is 0 Å². The van der Waals surface area contributed by atoms with Crippen LogP contribution in [0.3, 0.4) is 0 Å². The van der Waals surface area contributed by atoms with Gasteiger partial charge in [-0.1, -0.05) is 105 Å². The van der Waals surface area contributed by atoms with Crippen LogP contribution in [0.2, 0.25) is 0 Å². The number of furan rings is 1. The van der Waals surface area contributed by atoms with Crippen molar-refractivity contribution in [2.75, 3.05) is 4.90 Å². The van der Waals surface area contributed by atoms with E-state index in [0.29, 0.717) is 17.6 Å². The lowest BCUT2D eigenvalue weighted by molar-refractivity contribution is 0.627. The quantitative estimate of drug-likeness (QED) is 0.207. The van der Waals surface area contributed by atoms with Gasteiger partial charge in [0, 0.05) is 39.7 Å². The van der Waals surface area contributed by atoms with E-state index in [2.05, 4.69) is 84.4 Å². The first-order valence-electron chi connectivity index (χ1n) is 15.1. The van der Waals surface area contributed by atoms with E-state index in [1.54, 1.807) is 12.4 Å². The van der Waals surface area contributed by atoms with E-state index in [0.717, 1.165) is 44.4 Å². The van der Waals surface area contributed by atoms with E-state index < -0.39 is 0 Å². The second-order valence-corrected chi connectivity index (χ2v) is 11.9. The number of nitrogens with zero attached hydrogens (tertiary/aromatic N) is 5. The topological polar surface area (TPSA) is 67.9 Å². The smallest absolute Gasteiger partial charge is 0.238 e. The summed E-state index contributed by atoms with van der Waals surface area (Å²) in [6.45, 7) is 4.60. The molecule has 3 aromatic heterocycles. The molecule has 0 unspecified atom stereocenters. The fourth-order valence-corrected chi connectivity index (χ4v) is 6.96. The Hall–Kier alpha value is -5.88. The second-order valence-electron chi connectivity index (χ2n) is 11.9. The number of benzene rings is 5. The Morgan fingerprint density at radius 2 is 1.22 bits per heavy atom. The van der Waals surface area contributed by atoms with Crippen LogP contribution in [0.4, 0.5) is 17.3 Å². The van der Waals surface area contributed by atoms with Gasteiger partial charge in [-0.2, -0.15) is 9.97 Å². The molecule has 1 aliphatic heterocycles. The number of aromatic nitrogens is 4. The SMILES string of the molecule is CC1(C)c2ccccc2N(c2nc(-c3ccccc3)nc(-c3ccncc3)n2)c2c1c1ccccc1c1c2oc2ccccc21. The Bertz CT molecular complexity index is 2360. The van der Waals surface area contributed by atoms with Crippen molar-refractivity contribution >= 4 is 50.0 Å². The Labute approximate surface area is 259 Å². The summed E-state index contributed by atoms with van der Waals surface area (Å²) in [7, 11) is 0. The Balaban J connectivity index is 1.45. The molecule has 0 radical (unpaired) electrons. The number of anilines is 3. The first-order chi connectivity index (χ1) is 22.1. The first-order valence-corrected chi connectivity index (χ1v) is 15.1. The molecule has 6 heteroatoms. The molecule has 0 saturated carbocycles. The summed E-state index contributed by atoms with van der Waals surface area (Å²) in [4.78, 5) is 21.7. The first kappa shape index (κ1) is 25.6. The average molecular weight is 582 g/mol. The molecule has 4 heterocycles. The highest BCUT2D eigenvalue weighted by Gasteiger charge is 2.42. The summed E-state index contributed by atoms with van der Waals surface area (Å²) in [6.07, 6.45) is 3.53. The van der Waals surface area contributed by atoms with Gasteiger partial charge in [-0.05, 0) is 46.2 Å². The minimum Gasteiger partial charge on any atom is -0.454 e. The zero-order valence-corrected chi connectivity index (χ0v) is 24.8. The van der Waals surface area contributed by atoms with Crippen LogP contribution in [0.15, 0.2) is 132 Å². The second kappa shape index (κ2) is 9.56. The fourth-order valence-electron chi connectivity index (χ4n) is 6.96. The van der Waals surface area contributed by atoms with E-state index in [-0.39, 0.29) is 5.41 Å². The van der Waals surface area contributed by atoms with Crippen molar-refractivity contribution < 1.29 is 4.42 Å². The third-order valence-corrected chi connectivity index (χ3v) is 8.97. The predicted octanol–water partition coefficient (Wildman–Crippen LogP) is 9.76. The van der Waals surface area contributed by atoms with E-state index >= 15 is 0 Å². The zero-order chi connectivity index (χ0) is 30.1. The van der Waals surface area contributed by atoms with Crippen LogP contribution in [0.1, 0.15) is 25.0 Å². The summed E-state index contributed by atoms with van der Waals surface area (Å²) in [5.41, 5.74) is 7.42. The van der Waals surface area contributed by atoms with Gasteiger partial charge in [0.1, 0.15) is 5.58 Å². The maximum Gasteiger partial charge on any atom is 0.238 e. The Morgan fingerprint density at radius 3 is 2.00 bits per heavy atom. The van der Waals surface area contributed by atoms with E-state index in [9.17, 15) is 0 Å². The monoisotopic (exact) mass is 581 g/mol. The lowest BCUT2D eigenvalue weighted by Gasteiger charge is -2.41. The van der Waals surface area contributed by atoms with Crippen molar-refractivity contribution in [1.29, 1.82) is 0 Å². The standard InChI is InChI=1S/C39H27N5O/c1-39(2)29-17-9-10-18-30(29)44(38-42-36(24-12-4-3-5-13-24)41-37(43-38)25-20-22-40-23-21-25)34-33(39)27-15-7-6-14-26(27)32-28-16-8-11-19-31(28)45-35(32)34/h3-23H,1-2H3. The van der Waals surface area contributed by atoms with Gasteiger partial charge < -0.3 is 4.42 Å². The third-order valence-electron chi connectivity index (χ3n) is 8.97. The molecule has 214 valence electrons. The fraction of sp³-hybridized carbons (Fsp3) is 0.0769. The maximum absolute atomic E-state index is 6.83. The van der Waals surface area contributed by atoms with Gasteiger partial charge in [0.05, 0.1) is 11.4 Å². The lowest BCUT2D eigenvalue weighted by Crippen LogP contribution is -2.32. The van der Waals surface area contributed by atoms with Crippen LogP contribution in [-0.2, 0) is 5.41 Å². The number of para-hydroxylation sites is 2. The largest absolute Gasteiger partial charge is 0.454 e. The molecule has 45 heavy (non-hydrogen) atoms. The van der Waals surface area contributed by atoms with Gasteiger partial charge in [-0.3, -0.25) is 9.88 Å². The molecule has 0 fully saturated rings. The highest BCUT2D eigenvalue weighted by atomic mass is 16.3. The molecule has 0 aliphatic carbocycles. The summed E-state index contributed by atoms with van der Waals surface area (Å²) in [5.74, 6) is 1.70. The van der Waals surface area contributed by atoms with E-state index in [1.807, 2.05) is 54.6 Å². The summed E-state index contributed by atoms with van der Waals surface area (Å²) in [6, 6.07) is 39.4. The maximum atomic E-state index is 6.83. The van der Waals surface area contributed by atoms with Crippen molar-refractivity contribution in [3.05, 3.63) is 139 Å². The third kappa shape index (κ3) is 3.75. The lowest BCUT2D eigenvalue weighted by atomic mass is 9.71. The molecule has 6 nitrogen and oxygen atoms in total. The Morgan fingerprint density at radius 1 is 0.600 bits per heavy atom. The normalized spacial score (nSPS) is 13.7. The van der Waals surface area contributed by atoms with Crippen molar-refractivity contribution in [2.45, 2.75) is 19.3 Å². The summed E-state index contributed by atoms with van der Waals surface area (Å²) < 4.78 is 6.83. The van der Waals surface area contributed by atoms with Crippen molar-refractivity contribution in [3.63, 3.8) is 0 Å². The van der Waals surface area contributed by atoms with Crippen molar-refractivity contribution in [2.24, 2.45) is 0 Å². The van der Waals surface area contributed by atoms with Crippen LogP contribution in [-0.4, -0.2) is 19.9 Å². The molecule has 0 bridgehead atoms. The van der Waals surface area contributed by atoms with Crippen molar-refractivity contribution in [3.8, 4) is 22.8 Å². The molecule has 0 atom stereocenters. The number of rotatable bonds is 3. The Kier molecular flexibility index (Phi) is 5.44. The molecule has 9 rings (SSSR count). The molecular formula is C39H27N5O. The molecule has 8 aromatic rings. The summed E-state index contributed by atoms with van der Waals surface area (Å²) in [5, 5.41) is 4.53. The molecule has 1 aliphatic rings. The molecule has 5 aromatic carbocycles. The van der Waals surface area contributed by atoms with E-state index in [4.69, 9.17) is 19.4 Å². The minimum absolute atomic E-state index is 0.349. The average Bonchev–Trinajstić information content (AvgIpc) is 3.49. The highest BCUT2D eigenvalue weighted by Crippen LogP contribution is 2.57. The molecule has 0 spiro atoms.